The Kier molecular flexibility index (Phi) is 4.48. The Labute approximate surface area is 156 Å². The molecule has 0 aliphatic carbocycles. The molecule has 1 aliphatic rings. The van der Waals surface area contributed by atoms with Crippen molar-refractivity contribution in [3.63, 3.8) is 0 Å². The van der Waals surface area contributed by atoms with Crippen molar-refractivity contribution >= 4 is 45.3 Å². The summed E-state index contributed by atoms with van der Waals surface area (Å²) in [6, 6.07) is 9.38. The van der Waals surface area contributed by atoms with Crippen molar-refractivity contribution in [1.82, 2.24) is 10.2 Å². The van der Waals surface area contributed by atoms with Gasteiger partial charge in [0.05, 0.1) is 4.88 Å². The summed E-state index contributed by atoms with van der Waals surface area (Å²) in [6.07, 6.45) is 0.310. The Morgan fingerprint density at radius 1 is 1.23 bits per heavy atom. The number of halogens is 1. The molecular weight excluding hydrogens is 375 g/mol. The van der Waals surface area contributed by atoms with E-state index in [0.717, 1.165) is 0 Å². The Morgan fingerprint density at radius 2 is 2.04 bits per heavy atom. The molecule has 0 unspecified atom stereocenters. The van der Waals surface area contributed by atoms with Gasteiger partial charge in [-0.25, -0.2) is 4.39 Å². The lowest BCUT2D eigenvalue weighted by atomic mass is 10.1. The largest absolute Gasteiger partial charge is 0.312 e. The van der Waals surface area contributed by atoms with Crippen LogP contribution in [-0.2, 0) is 4.79 Å². The first-order valence-electron chi connectivity index (χ1n) is 7.84. The zero-order chi connectivity index (χ0) is 18.1. The number of nitrogens with zero attached hydrogens (tertiary/aromatic N) is 3. The van der Waals surface area contributed by atoms with Gasteiger partial charge in [0.25, 0.3) is 5.91 Å². The van der Waals surface area contributed by atoms with Gasteiger partial charge in [0.1, 0.15) is 10.8 Å². The quantitative estimate of drug-likeness (QED) is 0.742. The second-order valence-electron chi connectivity index (χ2n) is 5.76. The highest BCUT2D eigenvalue weighted by Gasteiger charge is 2.34. The van der Waals surface area contributed by atoms with E-state index in [4.69, 9.17) is 0 Å². The maximum Gasteiger partial charge on any atom is 0.267 e. The number of benzene rings is 1. The molecule has 1 atom stereocenters. The van der Waals surface area contributed by atoms with Crippen LogP contribution < -0.4 is 10.2 Å². The Morgan fingerprint density at radius 3 is 2.77 bits per heavy atom. The summed E-state index contributed by atoms with van der Waals surface area (Å²) >= 11 is 2.62. The number of anilines is 2. The SMILES string of the molecule is O=C(Nc1nnc([C@@H]2CC(=O)N(c3ccc(F)cc3)C2)s1)c1cccs1. The highest BCUT2D eigenvalue weighted by Crippen LogP contribution is 2.34. The number of thiophene rings is 1. The first kappa shape index (κ1) is 16.8. The van der Waals surface area contributed by atoms with Gasteiger partial charge in [-0.2, -0.15) is 0 Å². The second-order valence-corrected chi connectivity index (χ2v) is 7.72. The Balaban J connectivity index is 1.45. The van der Waals surface area contributed by atoms with Crippen LogP contribution in [0.15, 0.2) is 41.8 Å². The normalized spacial score (nSPS) is 16.9. The number of rotatable bonds is 4. The number of carbonyl (C=O) groups is 2. The summed E-state index contributed by atoms with van der Waals surface area (Å²) < 4.78 is 13.1. The topological polar surface area (TPSA) is 75.2 Å². The lowest BCUT2D eigenvalue weighted by molar-refractivity contribution is -0.117. The number of hydrogen-bond acceptors (Lipinski definition) is 6. The average molecular weight is 388 g/mol. The molecule has 2 amide bonds. The average Bonchev–Trinajstić information content (AvgIpc) is 3.36. The van der Waals surface area contributed by atoms with Crippen LogP contribution in [0.2, 0.25) is 0 Å². The maximum atomic E-state index is 13.1. The van der Waals surface area contributed by atoms with Crippen molar-refractivity contribution < 1.29 is 14.0 Å². The van der Waals surface area contributed by atoms with Gasteiger partial charge in [-0.15, -0.1) is 21.5 Å². The van der Waals surface area contributed by atoms with Gasteiger partial charge >= 0.3 is 0 Å². The van der Waals surface area contributed by atoms with E-state index in [1.165, 1.54) is 34.8 Å². The molecule has 6 nitrogen and oxygen atoms in total. The van der Waals surface area contributed by atoms with Crippen molar-refractivity contribution in [1.29, 1.82) is 0 Å². The lowest BCUT2D eigenvalue weighted by Gasteiger charge is -2.16. The van der Waals surface area contributed by atoms with Crippen molar-refractivity contribution in [2.75, 3.05) is 16.8 Å². The summed E-state index contributed by atoms with van der Waals surface area (Å²) in [6.45, 7) is 0.456. The molecule has 0 spiro atoms. The molecule has 2 aromatic heterocycles. The van der Waals surface area contributed by atoms with Crippen LogP contribution in [0.3, 0.4) is 0 Å². The van der Waals surface area contributed by atoms with E-state index in [1.54, 1.807) is 29.2 Å². The first-order valence-corrected chi connectivity index (χ1v) is 9.54. The van der Waals surface area contributed by atoms with Gasteiger partial charge < -0.3 is 4.90 Å². The molecule has 9 heteroatoms. The van der Waals surface area contributed by atoms with Crippen molar-refractivity contribution in [2.24, 2.45) is 0 Å². The molecule has 1 saturated heterocycles. The molecule has 132 valence electrons. The van der Waals surface area contributed by atoms with Crippen LogP contribution in [0.4, 0.5) is 15.2 Å². The van der Waals surface area contributed by atoms with Crippen LogP contribution >= 0.6 is 22.7 Å². The predicted molar refractivity (Wildman–Crippen MR) is 98.3 cm³/mol. The minimum absolute atomic E-state index is 0.0408. The molecule has 1 aliphatic heterocycles. The molecule has 4 rings (SSSR count). The minimum Gasteiger partial charge on any atom is -0.312 e. The zero-order valence-corrected chi connectivity index (χ0v) is 15.0. The molecule has 1 fully saturated rings. The standard InChI is InChI=1S/C17H13FN4O2S2/c18-11-3-5-12(6-4-11)22-9-10(8-14(22)23)16-20-21-17(26-16)19-15(24)13-2-1-7-25-13/h1-7,10H,8-9H2,(H,19,21,24)/t10-/m1/s1. The predicted octanol–water partition coefficient (Wildman–Crippen LogP) is 3.51. The van der Waals surface area contributed by atoms with Crippen LogP contribution in [-0.4, -0.2) is 28.6 Å². The number of aromatic nitrogens is 2. The molecule has 0 bridgehead atoms. The fourth-order valence-corrected chi connectivity index (χ4v) is 4.21. The molecule has 1 N–H and O–H groups in total. The van der Waals surface area contributed by atoms with Crippen LogP contribution in [0.25, 0.3) is 0 Å². The van der Waals surface area contributed by atoms with Crippen molar-refractivity contribution in [3.8, 4) is 0 Å². The highest BCUT2D eigenvalue weighted by molar-refractivity contribution is 7.15. The number of amides is 2. The molecule has 0 radical (unpaired) electrons. The molecule has 0 saturated carbocycles. The van der Waals surface area contributed by atoms with E-state index < -0.39 is 0 Å². The van der Waals surface area contributed by atoms with Gasteiger partial charge in [-0.3, -0.25) is 14.9 Å². The summed E-state index contributed by atoms with van der Waals surface area (Å²) in [7, 11) is 0. The van der Waals surface area contributed by atoms with E-state index in [1.807, 2.05) is 5.38 Å². The van der Waals surface area contributed by atoms with Crippen LogP contribution in [0, 0.1) is 5.82 Å². The van der Waals surface area contributed by atoms with Crippen molar-refractivity contribution in [3.05, 3.63) is 57.5 Å². The number of carbonyl (C=O) groups excluding carboxylic acids is 2. The third kappa shape index (κ3) is 3.35. The fraction of sp³-hybridized carbons (Fsp3) is 0.176. The van der Waals surface area contributed by atoms with E-state index in [-0.39, 0.29) is 23.5 Å². The van der Waals surface area contributed by atoms with E-state index in [2.05, 4.69) is 15.5 Å². The second kappa shape index (κ2) is 6.93. The Bertz CT molecular complexity index is 940. The fourth-order valence-electron chi connectivity index (χ4n) is 2.76. The van der Waals surface area contributed by atoms with E-state index in [0.29, 0.717) is 33.7 Å². The van der Waals surface area contributed by atoms with Gasteiger partial charge in [-0.05, 0) is 35.7 Å². The summed E-state index contributed by atoms with van der Waals surface area (Å²) in [4.78, 5) is 26.6. The highest BCUT2D eigenvalue weighted by atomic mass is 32.1. The van der Waals surface area contributed by atoms with E-state index >= 15 is 0 Å². The van der Waals surface area contributed by atoms with Gasteiger partial charge in [0, 0.05) is 24.6 Å². The molecule has 1 aromatic carbocycles. The smallest absolute Gasteiger partial charge is 0.267 e. The summed E-state index contributed by atoms with van der Waals surface area (Å²) in [5, 5.41) is 13.8. The van der Waals surface area contributed by atoms with Crippen LogP contribution in [0.1, 0.15) is 27.0 Å². The molecular formula is C17H13FN4O2S2. The summed E-state index contributed by atoms with van der Waals surface area (Å²) in [5.41, 5.74) is 0.662. The van der Waals surface area contributed by atoms with E-state index in [9.17, 15) is 14.0 Å². The van der Waals surface area contributed by atoms with Gasteiger partial charge in [0.2, 0.25) is 11.0 Å². The minimum atomic E-state index is -0.341. The number of nitrogens with one attached hydrogen (secondary N) is 1. The molecule has 3 aromatic rings. The monoisotopic (exact) mass is 388 g/mol. The lowest BCUT2D eigenvalue weighted by Crippen LogP contribution is -2.24. The first-order chi connectivity index (χ1) is 12.6. The molecule has 26 heavy (non-hydrogen) atoms. The summed E-state index contributed by atoms with van der Waals surface area (Å²) in [5.74, 6) is -0.705. The third-order valence-electron chi connectivity index (χ3n) is 4.02. The van der Waals surface area contributed by atoms with Crippen molar-refractivity contribution in [2.45, 2.75) is 12.3 Å². The maximum absolute atomic E-state index is 13.1. The van der Waals surface area contributed by atoms with Gasteiger partial charge in [-0.1, -0.05) is 17.4 Å². The number of hydrogen-bond donors (Lipinski definition) is 1. The van der Waals surface area contributed by atoms with Crippen LogP contribution in [0.5, 0.6) is 0 Å². The van der Waals surface area contributed by atoms with Gasteiger partial charge in [0.15, 0.2) is 0 Å². The molecule has 3 heterocycles. The zero-order valence-electron chi connectivity index (χ0n) is 13.4. The third-order valence-corrected chi connectivity index (χ3v) is 5.89. The Hall–Kier alpha value is -2.65.